The van der Waals surface area contributed by atoms with E-state index >= 15 is 0 Å². The second-order valence-corrected chi connectivity index (χ2v) is 26.6. The Bertz CT molecular complexity index is 3710. The zero-order valence-corrected chi connectivity index (χ0v) is 43.4. The lowest BCUT2D eigenvalue weighted by atomic mass is 9.42. The summed E-state index contributed by atoms with van der Waals surface area (Å²) < 4.78 is 0. The number of hydrogen-bond donors (Lipinski definition) is 0. The molecular formula is C67H61BN2S. The van der Waals surface area contributed by atoms with Crippen LogP contribution in [0.15, 0.2) is 202 Å². The lowest BCUT2D eigenvalue weighted by molar-refractivity contribution is 0.332. The highest BCUT2D eigenvalue weighted by Crippen LogP contribution is 2.80. The van der Waals surface area contributed by atoms with Crippen molar-refractivity contribution in [1.82, 2.24) is 0 Å². The Morgan fingerprint density at radius 3 is 1.66 bits per heavy atom. The molecule has 0 atom stereocenters. The first-order valence-corrected chi connectivity index (χ1v) is 27.5. The molecule has 0 fully saturated rings. The van der Waals surface area contributed by atoms with Gasteiger partial charge in [0.15, 0.2) is 0 Å². The molecule has 0 saturated heterocycles. The second-order valence-electron chi connectivity index (χ2n) is 23.6. The minimum absolute atomic E-state index is 0.0391. The molecule has 3 heterocycles. The van der Waals surface area contributed by atoms with Crippen LogP contribution in [0.25, 0.3) is 21.9 Å². The first kappa shape index (κ1) is 43.1. The van der Waals surface area contributed by atoms with Crippen molar-refractivity contribution in [2.75, 3.05) is 9.71 Å². The Balaban J connectivity index is 1.17. The molecule has 2 aliphatic carbocycles. The van der Waals surface area contributed by atoms with Crippen LogP contribution in [-0.2, 0) is 21.7 Å². The molecule has 0 saturated carbocycles. The summed E-state index contributed by atoms with van der Waals surface area (Å²) in [6.07, 6.45) is 2.35. The van der Waals surface area contributed by atoms with E-state index in [1.165, 1.54) is 126 Å². The van der Waals surface area contributed by atoms with E-state index in [2.05, 4.69) is 254 Å². The summed E-state index contributed by atoms with van der Waals surface area (Å²) in [6, 6.07) is 71.3. The van der Waals surface area contributed by atoms with Crippen molar-refractivity contribution in [2.24, 2.45) is 0 Å². The van der Waals surface area contributed by atoms with E-state index in [9.17, 15) is 0 Å². The number of anilines is 5. The molecule has 0 N–H and O–H groups in total. The predicted octanol–water partition coefficient (Wildman–Crippen LogP) is 16.8. The van der Waals surface area contributed by atoms with Crippen molar-refractivity contribution in [3.8, 4) is 11.1 Å². The summed E-state index contributed by atoms with van der Waals surface area (Å²) in [6.45, 7) is 22.0. The van der Waals surface area contributed by atoms with Gasteiger partial charge in [-0.3, -0.25) is 0 Å². The predicted molar refractivity (Wildman–Crippen MR) is 302 cm³/mol. The summed E-state index contributed by atoms with van der Waals surface area (Å²) >= 11 is 0. The minimum atomic E-state index is -1.97. The van der Waals surface area contributed by atoms with E-state index in [1.54, 1.807) is 0 Å². The average Bonchev–Trinajstić information content (AvgIpc) is 3.38. The number of fused-ring (bicyclic) bond motifs is 11. The van der Waals surface area contributed by atoms with Crippen LogP contribution in [0.4, 0.5) is 28.4 Å². The Morgan fingerprint density at radius 2 is 0.986 bits per heavy atom. The molecule has 3 aliphatic heterocycles. The molecule has 2 nitrogen and oxygen atoms in total. The quantitative estimate of drug-likeness (QED) is 0.163. The summed E-state index contributed by atoms with van der Waals surface area (Å²) in [4.78, 5) is 11.1. The van der Waals surface area contributed by atoms with Crippen molar-refractivity contribution >= 4 is 67.0 Å². The topological polar surface area (TPSA) is 6.48 Å². The maximum atomic E-state index is 2.82. The molecule has 9 aromatic carbocycles. The van der Waals surface area contributed by atoms with E-state index in [-0.39, 0.29) is 28.5 Å². The lowest BCUT2D eigenvalue weighted by Gasteiger charge is -2.55. The molecule has 0 bridgehead atoms. The van der Waals surface area contributed by atoms with Gasteiger partial charge < -0.3 is 9.71 Å². The normalized spacial score (nSPS) is 18.7. The number of benzene rings is 9. The second kappa shape index (κ2) is 14.4. The number of hydrogen-bond acceptors (Lipinski definition) is 2. The van der Waals surface area contributed by atoms with E-state index in [1.807, 2.05) is 0 Å². The number of rotatable bonds is 3. The third-order valence-electron chi connectivity index (χ3n) is 18.1. The van der Waals surface area contributed by atoms with Crippen LogP contribution in [0.1, 0.15) is 107 Å². The first-order valence-electron chi connectivity index (χ1n) is 25.9. The molecule has 0 radical (unpaired) electrons. The van der Waals surface area contributed by atoms with E-state index in [0.717, 1.165) is 6.42 Å². The molecule has 5 aliphatic rings. The molecule has 14 rings (SSSR count). The monoisotopic (exact) mass is 936 g/mol. The molecular weight excluding hydrogens is 876 g/mol. The lowest BCUT2D eigenvalue weighted by Crippen LogP contribution is -2.62. The first-order chi connectivity index (χ1) is 34.2. The Morgan fingerprint density at radius 1 is 0.437 bits per heavy atom. The van der Waals surface area contributed by atoms with Crippen molar-refractivity contribution in [1.29, 1.82) is 0 Å². The highest BCUT2D eigenvalue weighted by atomic mass is 32.3. The molecule has 0 amide bonds. The minimum Gasteiger partial charge on any atom is -0.375 e. The van der Waals surface area contributed by atoms with Gasteiger partial charge in [-0.25, -0.2) is 0 Å². The highest BCUT2D eigenvalue weighted by molar-refractivity contribution is 8.34. The summed E-state index contributed by atoms with van der Waals surface area (Å²) in [7, 11) is -1.97. The van der Waals surface area contributed by atoms with Gasteiger partial charge in [0.1, 0.15) is 0 Å². The van der Waals surface area contributed by atoms with Gasteiger partial charge in [0.2, 0.25) is 0 Å². The Labute approximate surface area is 422 Å². The van der Waals surface area contributed by atoms with Gasteiger partial charge in [0.05, 0.1) is 11.4 Å². The van der Waals surface area contributed by atoms with Gasteiger partial charge in [-0.05, 0) is 152 Å². The summed E-state index contributed by atoms with van der Waals surface area (Å²) in [5.74, 6) is 0. The summed E-state index contributed by atoms with van der Waals surface area (Å²) in [5, 5.41) is 2.56. The van der Waals surface area contributed by atoms with Crippen LogP contribution in [0.3, 0.4) is 0 Å². The Kier molecular flexibility index (Phi) is 8.77. The van der Waals surface area contributed by atoms with Crippen molar-refractivity contribution < 1.29 is 0 Å². The number of aryl methyl sites for hydroxylation is 1. The summed E-state index contributed by atoms with van der Waals surface area (Å²) in [5.41, 5.74) is 21.6. The third-order valence-corrected chi connectivity index (χ3v) is 22.0. The van der Waals surface area contributed by atoms with E-state index in [4.69, 9.17) is 0 Å². The molecule has 348 valence electrons. The fourth-order valence-corrected chi connectivity index (χ4v) is 18.5. The molecule has 4 heteroatoms. The van der Waals surface area contributed by atoms with Gasteiger partial charge in [-0.1, -0.05) is 177 Å². The maximum absolute atomic E-state index is 2.82. The van der Waals surface area contributed by atoms with Crippen LogP contribution in [-0.4, -0.2) is 6.85 Å². The van der Waals surface area contributed by atoms with Crippen LogP contribution in [0, 0.1) is 6.92 Å². The maximum Gasteiger partial charge on any atom is 0.333 e. The third kappa shape index (κ3) is 5.53. The van der Waals surface area contributed by atoms with Gasteiger partial charge in [0.25, 0.3) is 0 Å². The van der Waals surface area contributed by atoms with Crippen LogP contribution in [0.2, 0.25) is 0 Å². The fourth-order valence-electron chi connectivity index (χ4n) is 14.3. The number of para-hydroxylation sites is 2. The van der Waals surface area contributed by atoms with Gasteiger partial charge in [-0.15, -0.1) is 10.0 Å². The smallest absolute Gasteiger partial charge is 0.333 e. The van der Waals surface area contributed by atoms with Gasteiger partial charge >= 0.3 is 6.85 Å². The largest absolute Gasteiger partial charge is 0.375 e. The number of nitrogens with zero attached hydrogens (tertiary/aromatic N) is 2. The van der Waals surface area contributed by atoms with Crippen molar-refractivity contribution in [3.63, 3.8) is 0 Å². The van der Waals surface area contributed by atoms with Gasteiger partial charge in [0, 0.05) is 58.4 Å². The van der Waals surface area contributed by atoms with E-state index < -0.39 is 10.0 Å². The zero-order valence-electron chi connectivity index (χ0n) is 42.6. The van der Waals surface area contributed by atoms with Crippen molar-refractivity contribution in [2.45, 2.75) is 116 Å². The fraction of sp³-hybridized carbons (Fsp3) is 0.224. The zero-order chi connectivity index (χ0) is 48.6. The van der Waals surface area contributed by atoms with Crippen molar-refractivity contribution in [3.05, 3.63) is 221 Å². The van der Waals surface area contributed by atoms with Crippen LogP contribution >= 0.6 is 10.0 Å². The average molecular weight is 937 g/mol. The standard InChI is InChI=1S/C67H61BN2S/c1-42-37-51-52(65(4,5)36-35-64(51,2)3)40-57(42)69-58-41-54-53(66(6,7)49-30-18-19-31-50(49)67(54,8)9)39-55(58)68-61-48(38-43-23-16-17-28-46(43)63(61)69)47-29-22-34-60-62(47)70(68)56-32-20-21-33-59(56)71(60,44-24-12-10-13-25-44)45-26-14-11-15-27-45/h10-34,37-41H,35-36H2,1-9H3. The van der Waals surface area contributed by atoms with E-state index in [0.29, 0.717) is 0 Å². The van der Waals surface area contributed by atoms with Crippen LogP contribution in [0.5, 0.6) is 0 Å². The highest BCUT2D eigenvalue weighted by Gasteiger charge is 2.54. The van der Waals surface area contributed by atoms with Crippen LogP contribution < -0.4 is 20.6 Å². The molecule has 71 heavy (non-hydrogen) atoms. The molecule has 0 spiro atoms. The molecule has 9 aromatic rings. The molecule has 0 unspecified atom stereocenters. The van der Waals surface area contributed by atoms with Gasteiger partial charge in [-0.2, -0.15) is 0 Å². The SMILES string of the molecule is Cc1cc2c(cc1N1c3cc4c(cc3B3c5c(cc6ccccc6c51)-c1cccc5c1N3c1ccccc1S5(c1ccccc1)c1ccccc1)C(C)(C)c1ccccc1C4(C)C)C(C)(C)CCC2(C)C. The molecule has 0 aromatic heterocycles. The Hall–Kier alpha value is -6.75.